The summed E-state index contributed by atoms with van der Waals surface area (Å²) in [5, 5.41) is 9.82. The van der Waals surface area contributed by atoms with Crippen LogP contribution in [0.3, 0.4) is 0 Å². The van der Waals surface area contributed by atoms with E-state index in [1.165, 1.54) is 37.6 Å². The zero-order chi connectivity index (χ0) is 21.5. The Morgan fingerprint density at radius 1 is 1.13 bits per heavy atom. The SMILES string of the molecule is C=C(Nc1cn[nH]c1C(=C)C)c1cncc(F)c1.Cc1ccc(N2CCCC2)nc1. The number of hydrogen-bond donors (Lipinski definition) is 2. The van der Waals surface area contributed by atoms with Crippen LogP contribution < -0.4 is 10.2 Å². The lowest BCUT2D eigenvalue weighted by Gasteiger charge is -2.15. The van der Waals surface area contributed by atoms with Gasteiger partial charge in [-0.1, -0.05) is 19.2 Å². The van der Waals surface area contributed by atoms with Gasteiger partial charge >= 0.3 is 0 Å². The Labute approximate surface area is 176 Å². The molecule has 0 unspecified atom stereocenters. The van der Waals surface area contributed by atoms with Gasteiger partial charge in [-0.25, -0.2) is 9.37 Å². The molecule has 6 nitrogen and oxygen atoms in total. The molecule has 0 spiro atoms. The number of aromatic amines is 1. The first-order valence-corrected chi connectivity index (χ1v) is 9.87. The van der Waals surface area contributed by atoms with Crippen LogP contribution in [0.4, 0.5) is 15.9 Å². The molecular formula is C23H27FN6. The molecule has 3 aromatic heterocycles. The van der Waals surface area contributed by atoms with E-state index in [1.807, 2.05) is 13.1 Å². The number of nitrogens with one attached hydrogen (secondary N) is 2. The molecule has 0 saturated carbocycles. The highest BCUT2D eigenvalue weighted by Gasteiger charge is 2.12. The quantitative estimate of drug-likeness (QED) is 0.620. The number of aromatic nitrogens is 4. The molecule has 0 aromatic carbocycles. The number of nitrogens with zero attached hydrogens (tertiary/aromatic N) is 4. The molecule has 0 amide bonds. The van der Waals surface area contributed by atoms with Crippen molar-refractivity contribution in [3.05, 3.63) is 78.8 Å². The van der Waals surface area contributed by atoms with Crippen molar-refractivity contribution in [2.24, 2.45) is 0 Å². The first-order valence-electron chi connectivity index (χ1n) is 9.87. The van der Waals surface area contributed by atoms with E-state index in [9.17, 15) is 4.39 Å². The highest BCUT2D eigenvalue weighted by Crippen LogP contribution is 2.23. The van der Waals surface area contributed by atoms with Gasteiger partial charge in [0.05, 0.1) is 23.8 Å². The molecule has 1 fully saturated rings. The normalized spacial score (nSPS) is 12.8. The van der Waals surface area contributed by atoms with Crippen molar-refractivity contribution in [1.29, 1.82) is 0 Å². The van der Waals surface area contributed by atoms with Gasteiger partial charge in [-0.3, -0.25) is 10.1 Å². The molecule has 0 aliphatic carbocycles. The van der Waals surface area contributed by atoms with Crippen molar-refractivity contribution in [3.8, 4) is 0 Å². The predicted octanol–water partition coefficient (Wildman–Crippen LogP) is 5.05. The molecule has 4 heterocycles. The first kappa shape index (κ1) is 21.2. The van der Waals surface area contributed by atoms with Crippen molar-refractivity contribution < 1.29 is 4.39 Å². The van der Waals surface area contributed by atoms with Gasteiger partial charge in [0.1, 0.15) is 11.6 Å². The summed E-state index contributed by atoms with van der Waals surface area (Å²) in [6, 6.07) is 5.60. The summed E-state index contributed by atoms with van der Waals surface area (Å²) >= 11 is 0. The van der Waals surface area contributed by atoms with E-state index >= 15 is 0 Å². The molecular weight excluding hydrogens is 379 g/mol. The minimum absolute atomic E-state index is 0.400. The number of allylic oxidation sites excluding steroid dienone is 1. The van der Waals surface area contributed by atoms with Crippen molar-refractivity contribution in [1.82, 2.24) is 20.2 Å². The number of hydrogen-bond acceptors (Lipinski definition) is 5. The van der Waals surface area contributed by atoms with Crippen LogP contribution in [0.5, 0.6) is 0 Å². The number of pyridine rings is 2. The molecule has 1 aliphatic heterocycles. The summed E-state index contributed by atoms with van der Waals surface area (Å²) < 4.78 is 13.0. The molecule has 3 aromatic rings. The van der Waals surface area contributed by atoms with Crippen LogP contribution in [-0.4, -0.2) is 33.3 Å². The summed E-state index contributed by atoms with van der Waals surface area (Å²) in [6.45, 7) is 14.0. The average molecular weight is 407 g/mol. The zero-order valence-corrected chi connectivity index (χ0v) is 17.5. The van der Waals surface area contributed by atoms with Gasteiger partial charge in [-0.2, -0.15) is 5.10 Å². The standard InChI is InChI=1S/C13H13FN4.C10H14N2/c1-8(2)13-12(7-16-18-13)17-9(3)10-4-11(14)6-15-5-10;1-9-4-5-10(11-8-9)12-6-2-3-7-12/h4-7,17H,1,3H2,2H3,(H,16,18);4-5,8H,2-3,6-7H2,1H3. The third-order valence-corrected chi connectivity index (χ3v) is 4.73. The fourth-order valence-electron chi connectivity index (χ4n) is 3.11. The van der Waals surface area contributed by atoms with E-state index in [1.54, 1.807) is 12.4 Å². The van der Waals surface area contributed by atoms with Gasteiger partial charge in [0.2, 0.25) is 0 Å². The second-order valence-corrected chi connectivity index (χ2v) is 7.32. The molecule has 156 valence electrons. The fraction of sp³-hybridized carbons (Fsp3) is 0.261. The van der Waals surface area contributed by atoms with Crippen LogP contribution in [0.15, 0.2) is 56.1 Å². The van der Waals surface area contributed by atoms with Crippen molar-refractivity contribution in [2.45, 2.75) is 26.7 Å². The van der Waals surface area contributed by atoms with Crippen LogP contribution in [0, 0.1) is 12.7 Å². The Morgan fingerprint density at radius 3 is 2.53 bits per heavy atom. The lowest BCUT2D eigenvalue weighted by atomic mass is 10.2. The van der Waals surface area contributed by atoms with E-state index in [0.717, 1.165) is 29.0 Å². The topological polar surface area (TPSA) is 69.7 Å². The Balaban J connectivity index is 0.000000184. The number of anilines is 2. The molecule has 4 rings (SSSR count). The minimum Gasteiger partial charge on any atom is -0.357 e. The van der Waals surface area contributed by atoms with E-state index in [2.05, 4.69) is 62.6 Å². The smallest absolute Gasteiger partial charge is 0.142 e. The summed E-state index contributed by atoms with van der Waals surface area (Å²) in [4.78, 5) is 10.5. The first-order chi connectivity index (χ1) is 14.4. The maximum atomic E-state index is 13.0. The predicted molar refractivity (Wildman–Crippen MR) is 121 cm³/mol. The summed E-state index contributed by atoms with van der Waals surface area (Å²) in [5.74, 6) is 0.737. The van der Waals surface area contributed by atoms with Gasteiger partial charge in [-0.05, 0) is 50.0 Å². The van der Waals surface area contributed by atoms with Gasteiger partial charge in [0.25, 0.3) is 0 Å². The van der Waals surface area contributed by atoms with E-state index in [-0.39, 0.29) is 0 Å². The summed E-state index contributed by atoms with van der Waals surface area (Å²) in [5.41, 5.74) is 4.75. The van der Waals surface area contributed by atoms with Gasteiger partial charge in [0.15, 0.2) is 0 Å². The maximum absolute atomic E-state index is 13.0. The van der Waals surface area contributed by atoms with Crippen LogP contribution >= 0.6 is 0 Å². The van der Waals surface area contributed by atoms with Crippen molar-refractivity contribution in [3.63, 3.8) is 0 Å². The lowest BCUT2D eigenvalue weighted by Crippen LogP contribution is -2.18. The number of aryl methyl sites for hydroxylation is 1. The maximum Gasteiger partial charge on any atom is 0.142 e. The third-order valence-electron chi connectivity index (χ3n) is 4.73. The minimum atomic E-state index is -0.400. The monoisotopic (exact) mass is 406 g/mol. The summed E-state index contributed by atoms with van der Waals surface area (Å²) in [6.07, 6.45) is 8.88. The fourth-order valence-corrected chi connectivity index (χ4v) is 3.11. The molecule has 30 heavy (non-hydrogen) atoms. The summed E-state index contributed by atoms with van der Waals surface area (Å²) in [7, 11) is 0. The molecule has 1 saturated heterocycles. The Hall–Kier alpha value is -3.48. The second-order valence-electron chi connectivity index (χ2n) is 7.32. The van der Waals surface area contributed by atoms with Gasteiger partial charge in [-0.15, -0.1) is 0 Å². The van der Waals surface area contributed by atoms with Crippen molar-refractivity contribution in [2.75, 3.05) is 23.3 Å². The Kier molecular flexibility index (Phi) is 6.95. The zero-order valence-electron chi connectivity index (χ0n) is 17.5. The highest BCUT2D eigenvalue weighted by atomic mass is 19.1. The Morgan fingerprint density at radius 2 is 1.90 bits per heavy atom. The third kappa shape index (κ3) is 5.53. The molecule has 0 bridgehead atoms. The van der Waals surface area contributed by atoms with Gasteiger partial charge in [0, 0.05) is 36.7 Å². The molecule has 1 aliphatic rings. The molecule has 2 N–H and O–H groups in total. The lowest BCUT2D eigenvalue weighted by molar-refractivity contribution is 0.621. The van der Waals surface area contributed by atoms with E-state index < -0.39 is 5.82 Å². The Bertz CT molecular complexity index is 1000. The number of halogens is 1. The molecule has 0 atom stereocenters. The number of H-pyrrole nitrogens is 1. The van der Waals surface area contributed by atoms with Crippen LogP contribution in [0.25, 0.3) is 11.3 Å². The highest BCUT2D eigenvalue weighted by molar-refractivity contribution is 5.80. The molecule has 7 heteroatoms. The van der Waals surface area contributed by atoms with Crippen LogP contribution in [0.2, 0.25) is 0 Å². The van der Waals surface area contributed by atoms with Crippen LogP contribution in [-0.2, 0) is 0 Å². The van der Waals surface area contributed by atoms with E-state index in [4.69, 9.17) is 0 Å². The van der Waals surface area contributed by atoms with E-state index in [0.29, 0.717) is 11.3 Å². The van der Waals surface area contributed by atoms with Crippen molar-refractivity contribution >= 4 is 22.8 Å². The number of rotatable bonds is 5. The second kappa shape index (κ2) is 9.82. The largest absolute Gasteiger partial charge is 0.357 e. The average Bonchev–Trinajstić information content (AvgIpc) is 3.41. The van der Waals surface area contributed by atoms with Crippen LogP contribution in [0.1, 0.15) is 36.6 Å². The van der Waals surface area contributed by atoms with Gasteiger partial charge < -0.3 is 10.2 Å². The molecule has 0 radical (unpaired) electrons.